The van der Waals surface area contributed by atoms with Crippen molar-refractivity contribution >= 4 is 27.7 Å². The molecule has 1 aromatic heterocycles. The number of benzene rings is 3. The number of rotatable bonds is 9. The third kappa shape index (κ3) is 7.15. The highest BCUT2D eigenvalue weighted by Crippen LogP contribution is 2.25. The first-order chi connectivity index (χ1) is 20.9. The number of halogens is 1. The molecule has 3 heterocycles. The Bertz CT molecular complexity index is 1590. The van der Waals surface area contributed by atoms with E-state index in [0.29, 0.717) is 49.5 Å². The molecule has 0 aliphatic carbocycles. The Morgan fingerprint density at radius 2 is 1.70 bits per heavy atom. The molecule has 0 unspecified atom stereocenters. The molecule has 9 nitrogen and oxygen atoms in total. The van der Waals surface area contributed by atoms with Gasteiger partial charge in [0.25, 0.3) is 11.8 Å². The Hall–Kier alpha value is -3.99. The summed E-state index contributed by atoms with van der Waals surface area (Å²) in [7, 11) is 0. The first-order valence-corrected chi connectivity index (χ1v) is 15.2. The smallest absolute Gasteiger partial charge is 0.254 e. The van der Waals surface area contributed by atoms with Crippen LogP contribution in [0.3, 0.4) is 0 Å². The Kier molecular flexibility index (Phi) is 8.87. The number of carbonyl (C=O) groups excluding carboxylic acids is 2. The van der Waals surface area contributed by atoms with Crippen LogP contribution in [-0.2, 0) is 32.5 Å². The zero-order valence-electron chi connectivity index (χ0n) is 23.7. The fourth-order valence-electron chi connectivity index (χ4n) is 5.62. The largest absolute Gasteiger partial charge is 0.486 e. The molecule has 1 atom stereocenters. The van der Waals surface area contributed by atoms with Crippen LogP contribution in [0, 0.1) is 0 Å². The molecule has 0 bridgehead atoms. The molecular weight excluding hydrogens is 612 g/mol. The highest BCUT2D eigenvalue weighted by atomic mass is 79.9. The number of ether oxygens (including phenoxy) is 1. The summed E-state index contributed by atoms with van der Waals surface area (Å²) < 4.78 is 12.0. The third-order valence-electron chi connectivity index (χ3n) is 7.96. The number of aliphatic hydroxyl groups excluding tert-OH is 1. The maximum atomic E-state index is 12.9. The van der Waals surface area contributed by atoms with Crippen molar-refractivity contribution in [2.45, 2.75) is 38.6 Å². The van der Waals surface area contributed by atoms with Gasteiger partial charge in [-0.3, -0.25) is 14.5 Å². The van der Waals surface area contributed by atoms with Crippen LogP contribution in [0.1, 0.15) is 48.7 Å². The van der Waals surface area contributed by atoms with Crippen molar-refractivity contribution in [3.05, 3.63) is 117 Å². The molecule has 0 fully saturated rings. The third-order valence-corrected chi connectivity index (χ3v) is 8.49. The highest BCUT2D eigenvalue weighted by Gasteiger charge is 2.24. The van der Waals surface area contributed by atoms with Crippen LogP contribution in [-0.4, -0.2) is 64.0 Å². The normalized spacial score (nSPS) is 15.3. The summed E-state index contributed by atoms with van der Waals surface area (Å²) in [5.74, 6) is 1.26. The van der Waals surface area contributed by atoms with Gasteiger partial charge in [0, 0.05) is 54.9 Å². The number of nitrogens with one attached hydrogen (secondary N) is 1. The molecule has 2 N–H and O–H groups in total. The molecular formula is C33H33BrN4O5. The summed E-state index contributed by atoms with van der Waals surface area (Å²) in [4.78, 5) is 33.8. The van der Waals surface area contributed by atoms with E-state index in [4.69, 9.17) is 9.15 Å². The van der Waals surface area contributed by atoms with Gasteiger partial charge in [0.15, 0.2) is 12.2 Å². The Morgan fingerprint density at radius 1 is 0.953 bits per heavy atom. The van der Waals surface area contributed by atoms with Crippen LogP contribution < -0.4 is 10.1 Å². The Balaban J connectivity index is 0.967. The number of hydrogen-bond acceptors (Lipinski definition) is 7. The molecule has 2 aliphatic heterocycles. The molecule has 2 aliphatic rings. The van der Waals surface area contributed by atoms with Crippen molar-refractivity contribution in [3.8, 4) is 5.75 Å². The summed E-state index contributed by atoms with van der Waals surface area (Å²) in [6.07, 6.45) is 3.88. The van der Waals surface area contributed by atoms with Crippen molar-refractivity contribution in [3.63, 3.8) is 0 Å². The number of amides is 2. The van der Waals surface area contributed by atoms with E-state index in [-0.39, 0.29) is 18.4 Å². The lowest BCUT2D eigenvalue weighted by atomic mass is 9.96. The summed E-state index contributed by atoms with van der Waals surface area (Å²) in [5, 5.41) is 13.6. The molecule has 0 radical (unpaired) electrons. The predicted octanol–water partition coefficient (Wildman–Crippen LogP) is 4.36. The van der Waals surface area contributed by atoms with E-state index in [2.05, 4.69) is 43.3 Å². The SMILES string of the molecule is O=C(NC[C@H](O)CN1CCc2cc(OCc3cnco3)ccc2C1)c1ccc2c(c1)CCN(C(=O)c1ccc(Br)cc1)C2. The lowest BCUT2D eigenvalue weighted by Gasteiger charge is -2.30. The average molecular weight is 646 g/mol. The van der Waals surface area contributed by atoms with Crippen LogP contribution in [0.5, 0.6) is 5.75 Å². The maximum absolute atomic E-state index is 12.9. The van der Waals surface area contributed by atoms with Crippen LogP contribution in [0.2, 0.25) is 0 Å². The second-order valence-corrected chi connectivity index (χ2v) is 11.9. The molecule has 0 saturated carbocycles. The van der Waals surface area contributed by atoms with Gasteiger partial charge in [0.2, 0.25) is 0 Å². The standard InChI is InChI=1S/C33H33BrN4O5/c34-28-6-3-22(4-7-28)33(41)38-12-10-23-13-25(1-2-27(23)18-38)32(40)36-15-29(39)19-37-11-9-24-14-30(8-5-26(24)17-37)42-20-31-16-35-21-43-31/h1-8,13-14,16,21,29,39H,9-12,15,17-20H2,(H,36,40)/t29-/m0/s1. The fourth-order valence-corrected chi connectivity index (χ4v) is 5.88. The van der Waals surface area contributed by atoms with Crippen molar-refractivity contribution in [2.75, 3.05) is 26.2 Å². The van der Waals surface area contributed by atoms with Gasteiger partial charge < -0.3 is 24.5 Å². The number of hydrogen-bond donors (Lipinski definition) is 2. The van der Waals surface area contributed by atoms with E-state index in [9.17, 15) is 14.7 Å². The van der Waals surface area contributed by atoms with Crippen LogP contribution >= 0.6 is 15.9 Å². The summed E-state index contributed by atoms with van der Waals surface area (Å²) in [6, 6.07) is 19.1. The first-order valence-electron chi connectivity index (χ1n) is 14.4. The number of β-amino-alcohol motifs (C(OH)–C–C–N with tert-alkyl or cyclic N) is 1. The van der Waals surface area contributed by atoms with Gasteiger partial charge in [-0.1, -0.05) is 28.1 Å². The molecule has 2 amide bonds. The van der Waals surface area contributed by atoms with Gasteiger partial charge in [-0.25, -0.2) is 4.98 Å². The molecule has 43 heavy (non-hydrogen) atoms. The minimum Gasteiger partial charge on any atom is -0.486 e. The number of nitrogens with zero attached hydrogens (tertiary/aromatic N) is 3. The zero-order chi connectivity index (χ0) is 29.8. The number of fused-ring (bicyclic) bond motifs is 2. The number of oxazole rings is 1. The molecule has 10 heteroatoms. The van der Waals surface area contributed by atoms with Gasteiger partial charge in [-0.05, 0) is 83.6 Å². The summed E-state index contributed by atoms with van der Waals surface area (Å²) in [5.41, 5.74) is 5.79. The molecule has 4 aromatic rings. The maximum Gasteiger partial charge on any atom is 0.254 e. The Labute approximate surface area is 258 Å². The number of aliphatic hydroxyl groups is 1. The zero-order valence-corrected chi connectivity index (χ0v) is 25.3. The number of carbonyl (C=O) groups is 2. The van der Waals surface area contributed by atoms with Crippen molar-refractivity contribution in [2.24, 2.45) is 0 Å². The topological polar surface area (TPSA) is 108 Å². The molecule has 0 saturated heterocycles. The molecule has 6 rings (SSSR count). The first kappa shape index (κ1) is 29.1. The second kappa shape index (κ2) is 13.1. The fraction of sp³-hybridized carbons (Fsp3) is 0.303. The minimum absolute atomic E-state index is 0.00369. The lowest BCUT2D eigenvalue weighted by molar-refractivity contribution is 0.0734. The quantitative estimate of drug-likeness (QED) is 0.279. The second-order valence-electron chi connectivity index (χ2n) is 11.0. The van der Waals surface area contributed by atoms with E-state index in [1.165, 1.54) is 17.5 Å². The molecule has 222 valence electrons. The van der Waals surface area contributed by atoms with Gasteiger partial charge in [0.05, 0.1) is 12.3 Å². The molecule has 3 aromatic carbocycles. The van der Waals surface area contributed by atoms with E-state index in [1.807, 2.05) is 47.4 Å². The van der Waals surface area contributed by atoms with Crippen molar-refractivity contribution < 1.29 is 23.8 Å². The molecule has 0 spiro atoms. The summed E-state index contributed by atoms with van der Waals surface area (Å²) in [6.45, 7) is 3.63. The van der Waals surface area contributed by atoms with Crippen LogP contribution in [0.25, 0.3) is 0 Å². The van der Waals surface area contributed by atoms with E-state index >= 15 is 0 Å². The van der Waals surface area contributed by atoms with Crippen molar-refractivity contribution in [1.29, 1.82) is 0 Å². The predicted molar refractivity (Wildman–Crippen MR) is 164 cm³/mol. The van der Waals surface area contributed by atoms with Gasteiger partial charge in [0.1, 0.15) is 12.4 Å². The highest BCUT2D eigenvalue weighted by molar-refractivity contribution is 9.10. The Morgan fingerprint density at radius 3 is 2.51 bits per heavy atom. The monoisotopic (exact) mass is 644 g/mol. The minimum atomic E-state index is -0.689. The van der Waals surface area contributed by atoms with E-state index in [0.717, 1.165) is 40.9 Å². The summed E-state index contributed by atoms with van der Waals surface area (Å²) >= 11 is 3.41. The van der Waals surface area contributed by atoms with Gasteiger partial charge >= 0.3 is 0 Å². The average Bonchev–Trinajstić information content (AvgIpc) is 3.56. The van der Waals surface area contributed by atoms with Gasteiger partial charge in [-0.2, -0.15) is 0 Å². The van der Waals surface area contributed by atoms with E-state index < -0.39 is 6.10 Å². The van der Waals surface area contributed by atoms with Crippen LogP contribution in [0.15, 0.2) is 82.1 Å². The van der Waals surface area contributed by atoms with Crippen molar-refractivity contribution in [1.82, 2.24) is 20.1 Å². The van der Waals surface area contributed by atoms with Crippen LogP contribution in [0.4, 0.5) is 0 Å². The van der Waals surface area contributed by atoms with E-state index in [1.54, 1.807) is 12.3 Å². The number of aromatic nitrogens is 1. The van der Waals surface area contributed by atoms with Gasteiger partial charge in [-0.15, -0.1) is 0 Å². The lowest BCUT2D eigenvalue weighted by Crippen LogP contribution is -2.42.